The van der Waals surface area contributed by atoms with E-state index in [4.69, 9.17) is 14.2 Å². The monoisotopic (exact) mass is 226 g/mol. The van der Waals surface area contributed by atoms with E-state index in [0.717, 1.165) is 12.7 Å². The van der Waals surface area contributed by atoms with E-state index in [9.17, 15) is 4.79 Å². The molecule has 0 N–H and O–H groups in total. The van der Waals surface area contributed by atoms with Crippen LogP contribution >= 0.6 is 0 Å². The van der Waals surface area contributed by atoms with Crippen molar-refractivity contribution in [3.05, 3.63) is 23.8 Å². The highest BCUT2D eigenvalue weighted by Crippen LogP contribution is 2.26. The molecule has 0 aromatic rings. The van der Waals surface area contributed by atoms with Gasteiger partial charge >= 0.3 is 0 Å². The van der Waals surface area contributed by atoms with E-state index in [1.165, 1.54) is 0 Å². The summed E-state index contributed by atoms with van der Waals surface area (Å²) in [4.78, 5) is 10.7. The molecule has 0 fully saturated rings. The molecule has 0 aromatic carbocycles. The molecule has 0 bridgehead atoms. The molecule has 16 heavy (non-hydrogen) atoms. The summed E-state index contributed by atoms with van der Waals surface area (Å²) in [6.07, 6.45) is 7.46. The Morgan fingerprint density at radius 3 is 2.88 bits per heavy atom. The number of rotatable bonds is 7. The number of hydrogen-bond donors (Lipinski definition) is 0. The first kappa shape index (κ1) is 13.1. The van der Waals surface area contributed by atoms with Gasteiger partial charge in [0.1, 0.15) is 6.29 Å². The Balaban J connectivity index is 2.49. The third-order valence-electron chi connectivity index (χ3n) is 2.45. The molecule has 4 heteroatoms. The van der Waals surface area contributed by atoms with Crippen molar-refractivity contribution >= 4 is 6.29 Å². The van der Waals surface area contributed by atoms with Crippen LogP contribution in [0.5, 0.6) is 0 Å². The topological polar surface area (TPSA) is 44.8 Å². The Labute approximate surface area is 95.9 Å². The van der Waals surface area contributed by atoms with E-state index < -0.39 is 5.79 Å². The van der Waals surface area contributed by atoms with Gasteiger partial charge in [0.2, 0.25) is 0 Å². The molecule has 0 saturated heterocycles. The molecule has 90 valence electrons. The standard InChI is InChI=1S/C12H18O4/c1-14-7-4-8-16-12(15-2)6-3-5-11(9-12)10-13/h3,5-6,10H,4,7-9H2,1-2H3. The fraction of sp³-hybridized carbons (Fsp3) is 0.583. The number of methoxy groups -OCH3 is 2. The van der Waals surface area contributed by atoms with Crippen molar-refractivity contribution in [3.63, 3.8) is 0 Å². The zero-order chi connectivity index (χ0) is 11.9. The van der Waals surface area contributed by atoms with E-state index in [2.05, 4.69) is 0 Å². The third kappa shape index (κ3) is 3.56. The molecule has 1 rings (SSSR count). The zero-order valence-corrected chi connectivity index (χ0v) is 9.77. The van der Waals surface area contributed by atoms with Crippen LogP contribution in [-0.4, -0.2) is 39.5 Å². The van der Waals surface area contributed by atoms with Gasteiger partial charge in [-0.15, -0.1) is 0 Å². The fourth-order valence-electron chi connectivity index (χ4n) is 1.55. The number of carbonyl (C=O) groups excluding carboxylic acids is 1. The lowest BCUT2D eigenvalue weighted by Gasteiger charge is -2.31. The van der Waals surface area contributed by atoms with Crippen LogP contribution in [0.2, 0.25) is 0 Å². The van der Waals surface area contributed by atoms with E-state index in [1.807, 2.05) is 6.08 Å². The highest BCUT2D eigenvalue weighted by molar-refractivity contribution is 5.74. The zero-order valence-electron chi connectivity index (χ0n) is 9.77. The summed E-state index contributed by atoms with van der Waals surface area (Å²) < 4.78 is 15.9. The molecule has 0 heterocycles. The van der Waals surface area contributed by atoms with Crippen LogP contribution in [0.25, 0.3) is 0 Å². The van der Waals surface area contributed by atoms with Gasteiger partial charge in [-0.2, -0.15) is 0 Å². The number of allylic oxidation sites excluding steroid dienone is 2. The first-order valence-electron chi connectivity index (χ1n) is 5.28. The van der Waals surface area contributed by atoms with Gasteiger partial charge in [0, 0.05) is 27.2 Å². The molecule has 4 nitrogen and oxygen atoms in total. The second-order valence-corrected chi connectivity index (χ2v) is 3.61. The molecule has 0 spiro atoms. The minimum Gasteiger partial charge on any atom is -0.385 e. The van der Waals surface area contributed by atoms with Gasteiger partial charge in [0.05, 0.1) is 6.61 Å². The molecule has 0 radical (unpaired) electrons. The predicted octanol–water partition coefficient (Wildman–Crippen LogP) is 1.47. The normalized spacial score (nSPS) is 24.2. The number of aldehydes is 1. The van der Waals surface area contributed by atoms with Crippen LogP contribution < -0.4 is 0 Å². The number of carbonyl (C=O) groups is 1. The van der Waals surface area contributed by atoms with E-state index in [0.29, 0.717) is 25.2 Å². The minimum atomic E-state index is -0.793. The van der Waals surface area contributed by atoms with Gasteiger partial charge < -0.3 is 14.2 Å². The molecular formula is C12H18O4. The average molecular weight is 226 g/mol. The lowest BCUT2D eigenvalue weighted by Crippen LogP contribution is -2.35. The summed E-state index contributed by atoms with van der Waals surface area (Å²) in [6, 6.07) is 0. The van der Waals surface area contributed by atoms with Crippen LogP contribution in [0.1, 0.15) is 12.8 Å². The Morgan fingerprint density at radius 1 is 1.44 bits per heavy atom. The molecule has 0 saturated carbocycles. The smallest absolute Gasteiger partial charge is 0.191 e. The highest BCUT2D eigenvalue weighted by Gasteiger charge is 2.30. The summed E-state index contributed by atoms with van der Waals surface area (Å²) in [6.45, 7) is 1.19. The molecule has 0 aromatic heterocycles. The van der Waals surface area contributed by atoms with Gasteiger partial charge in [0.15, 0.2) is 5.79 Å². The molecule has 0 amide bonds. The van der Waals surface area contributed by atoms with E-state index in [-0.39, 0.29) is 0 Å². The summed E-state index contributed by atoms with van der Waals surface area (Å²) >= 11 is 0. The first-order valence-corrected chi connectivity index (χ1v) is 5.28. The predicted molar refractivity (Wildman–Crippen MR) is 60.1 cm³/mol. The number of hydrogen-bond acceptors (Lipinski definition) is 4. The maximum atomic E-state index is 10.7. The molecule has 1 aliphatic carbocycles. The van der Waals surface area contributed by atoms with Crippen LogP contribution in [-0.2, 0) is 19.0 Å². The lowest BCUT2D eigenvalue weighted by atomic mass is 10.0. The maximum absolute atomic E-state index is 10.7. The number of ether oxygens (including phenoxy) is 3. The summed E-state index contributed by atoms with van der Waals surface area (Å²) in [7, 11) is 3.23. The Hall–Kier alpha value is -0.970. The van der Waals surface area contributed by atoms with Crippen molar-refractivity contribution in [3.8, 4) is 0 Å². The van der Waals surface area contributed by atoms with Gasteiger partial charge in [0.25, 0.3) is 0 Å². The van der Waals surface area contributed by atoms with Crippen LogP contribution in [0.3, 0.4) is 0 Å². The minimum absolute atomic E-state index is 0.455. The van der Waals surface area contributed by atoms with Crippen molar-refractivity contribution < 1.29 is 19.0 Å². The average Bonchev–Trinajstić information content (AvgIpc) is 2.35. The molecule has 1 atom stereocenters. The Morgan fingerprint density at radius 2 is 2.25 bits per heavy atom. The summed E-state index contributed by atoms with van der Waals surface area (Å²) in [5.74, 6) is -0.793. The molecular weight excluding hydrogens is 208 g/mol. The highest BCUT2D eigenvalue weighted by atomic mass is 16.7. The quantitative estimate of drug-likeness (QED) is 0.374. The van der Waals surface area contributed by atoms with Crippen molar-refractivity contribution in [2.24, 2.45) is 0 Å². The summed E-state index contributed by atoms with van der Waals surface area (Å²) in [5.41, 5.74) is 0.677. The van der Waals surface area contributed by atoms with E-state index in [1.54, 1.807) is 26.4 Å². The van der Waals surface area contributed by atoms with Gasteiger partial charge in [-0.25, -0.2) is 0 Å². The second-order valence-electron chi connectivity index (χ2n) is 3.61. The largest absolute Gasteiger partial charge is 0.385 e. The Bertz CT molecular complexity index is 283. The third-order valence-corrected chi connectivity index (χ3v) is 2.45. The second kappa shape index (κ2) is 6.58. The summed E-state index contributed by atoms with van der Waals surface area (Å²) in [5, 5.41) is 0. The van der Waals surface area contributed by atoms with Crippen molar-refractivity contribution in [2.75, 3.05) is 27.4 Å². The molecule has 1 aliphatic rings. The van der Waals surface area contributed by atoms with Gasteiger partial charge in [-0.3, -0.25) is 4.79 Å². The van der Waals surface area contributed by atoms with Crippen molar-refractivity contribution in [1.29, 1.82) is 0 Å². The van der Waals surface area contributed by atoms with E-state index >= 15 is 0 Å². The van der Waals surface area contributed by atoms with Gasteiger partial charge in [-0.1, -0.05) is 12.2 Å². The maximum Gasteiger partial charge on any atom is 0.191 e. The van der Waals surface area contributed by atoms with Crippen molar-refractivity contribution in [1.82, 2.24) is 0 Å². The molecule has 1 unspecified atom stereocenters. The SMILES string of the molecule is COCCCOC1(OC)C=CC=C(C=O)C1. The first-order chi connectivity index (χ1) is 7.76. The van der Waals surface area contributed by atoms with Crippen LogP contribution in [0, 0.1) is 0 Å². The Kier molecular flexibility index (Phi) is 5.38. The van der Waals surface area contributed by atoms with Crippen LogP contribution in [0.4, 0.5) is 0 Å². The fourth-order valence-corrected chi connectivity index (χ4v) is 1.55. The van der Waals surface area contributed by atoms with Crippen molar-refractivity contribution in [2.45, 2.75) is 18.6 Å². The molecule has 0 aliphatic heterocycles. The lowest BCUT2D eigenvalue weighted by molar-refractivity contribution is -0.189. The van der Waals surface area contributed by atoms with Crippen LogP contribution in [0.15, 0.2) is 23.8 Å². The van der Waals surface area contributed by atoms with Gasteiger partial charge in [-0.05, 0) is 18.1 Å².